The third-order valence-corrected chi connectivity index (χ3v) is 2.62. The van der Waals surface area contributed by atoms with Gasteiger partial charge in [0, 0.05) is 12.3 Å². The van der Waals surface area contributed by atoms with Crippen LogP contribution in [0, 0.1) is 0 Å². The summed E-state index contributed by atoms with van der Waals surface area (Å²) in [7, 11) is 0. The number of hydrogen-bond acceptors (Lipinski definition) is 5. The SMILES string of the molecule is CCCOc1ccnc(NC2(CO)CC2)n1. The normalized spacial score (nSPS) is 16.9. The van der Waals surface area contributed by atoms with Crippen LogP contribution in [-0.2, 0) is 0 Å². The molecule has 0 radical (unpaired) electrons. The highest BCUT2D eigenvalue weighted by Crippen LogP contribution is 2.37. The van der Waals surface area contributed by atoms with Gasteiger partial charge in [0.1, 0.15) is 0 Å². The lowest BCUT2D eigenvalue weighted by Crippen LogP contribution is -2.26. The van der Waals surface area contributed by atoms with Crippen LogP contribution in [0.5, 0.6) is 5.88 Å². The summed E-state index contributed by atoms with van der Waals surface area (Å²) >= 11 is 0. The van der Waals surface area contributed by atoms with Crippen molar-refractivity contribution in [2.24, 2.45) is 0 Å². The van der Waals surface area contributed by atoms with Crippen LogP contribution < -0.4 is 10.1 Å². The lowest BCUT2D eigenvalue weighted by molar-refractivity contribution is 0.265. The summed E-state index contributed by atoms with van der Waals surface area (Å²) in [5, 5.41) is 12.3. The minimum Gasteiger partial charge on any atom is -0.478 e. The number of aliphatic hydroxyl groups is 1. The van der Waals surface area contributed by atoms with Gasteiger partial charge < -0.3 is 15.2 Å². The van der Waals surface area contributed by atoms with E-state index >= 15 is 0 Å². The molecule has 0 spiro atoms. The number of rotatable bonds is 6. The molecule has 88 valence electrons. The van der Waals surface area contributed by atoms with E-state index in [1.54, 1.807) is 12.3 Å². The zero-order valence-electron chi connectivity index (χ0n) is 9.44. The van der Waals surface area contributed by atoms with Crippen molar-refractivity contribution in [2.45, 2.75) is 31.7 Å². The summed E-state index contributed by atoms with van der Waals surface area (Å²) < 4.78 is 5.41. The van der Waals surface area contributed by atoms with Gasteiger partial charge in [-0.3, -0.25) is 0 Å². The molecule has 1 fully saturated rings. The number of aliphatic hydroxyl groups excluding tert-OH is 1. The summed E-state index contributed by atoms with van der Waals surface area (Å²) in [6, 6.07) is 1.74. The molecule has 5 nitrogen and oxygen atoms in total. The van der Waals surface area contributed by atoms with Gasteiger partial charge in [-0.25, -0.2) is 4.98 Å². The van der Waals surface area contributed by atoms with Gasteiger partial charge in [-0.05, 0) is 19.3 Å². The van der Waals surface area contributed by atoms with E-state index in [2.05, 4.69) is 15.3 Å². The molecule has 1 aliphatic carbocycles. The average Bonchev–Trinajstić information content (AvgIpc) is 3.07. The van der Waals surface area contributed by atoms with E-state index in [0.717, 1.165) is 19.3 Å². The second-order valence-corrected chi connectivity index (χ2v) is 4.13. The maximum atomic E-state index is 9.18. The fourth-order valence-corrected chi connectivity index (χ4v) is 1.40. The molecular weight excluding hydrogens is 206 g/mol. The molecule has 16 heavy (non-hydrogen) atoms. The first-order chi connectivity index (χ1) is 7.78. The van der Waals surface area contributed by atoms with Crippen molar-refractivity contribution in [2.75, 3.05) is 18.5 Å². The van der Waals surface area contributed by atoms with Crippen LogP contribution >= 0.6 is 0 Å². The Hall–Kier alpha value is -1.36. The van der Waals surface area contributed by atoms with Crippen LogP contribution in [-0.4, -0.2) is 33.8 Å². The van der Waals surface area contributed by atoms with Crippen LogP contribution in [0.1, 0.15) is 26.2 Å². The Labute approximate surface area is 94.9 Å². The molecule has 0 bridgehead atoms. The van der Waals surface area contributed by atoms with E-state index in [-0.39, 0.29) is 12.1 Å². The molecule has 1 aromatic rings. The number of ether oxygens (including phenoxy) is 1. The molecule has 5 heteroatoms. The van der Waals surface area contributed by atoms with E-state index in [9.17, 15) is 5.11 Å². The highest BCUT2D eigenvalue weighted by atomic mass is 16.5. The molecule has 0 atom stereocenters. The third-order valence-electron chi connectivity index (χ3n) is 2.62. The number of aromatic nitrogens is 2. The summed E-state index contributed by atoms with van der Waals surface area (Å²) in [5.74, 6) is 1.10. The van der Waals surface area contributed by atoms with Gasteiger partial charge in [-0.2, -0.15) is 4.98 Å². The van der Waals surface area contributed by atoms with Crippen LogP contribution in [0.2, 0.25) is 0 Å². The number of anilines is 1. The molecule has 1 heterocycles. The highest BCUT2D eigenvalue weighted by molar-refractivity contribution is 5.35. The van der Waals surface area contributed by atoms with E-state index in [4.69, 9.17) is 4.74 Å². The Morgan fingerprint density at radius 1 is 1.56 bits per heavy atom. The molecule has 1 saturated carbocycles. The number of nitrogens with zero attached hydrogens (tertiary/aromatic N) is 2. The van der Waals surface area contributed by atoms with Crippen molar-refractivity contribution in [3.05, 3.63) is 12.3 Å². The zero-order valence-corrected chi connectivity index (χ0v) is 9.44. The van der Waals surface area contributed by atoms with E-state index < -0.39 is 0 Å². The first kappa shape index (κ1) is 11.1. The summed E-state index contributed by atoms with van der Waals surface area (Å²) in [6.45, 7) is 2.82. The van der Waals surface area contributed by atoms with Crippen molar-refractivity contribution in [1.29, 1.82) is 0 Å². The first-order valence-corrected chi connectivity index (χ1v) is 5.63. The molecule has 2 N–H and O–H groups in total. The molecule has 0 aromatic carbocycles. The molecule has 1 aromatic heterocycles. The van der Waals surface area contributed by atoms with Crippen molar-refractivity contribution in [3.63, 3.8) is 0 Å². The average molecular weight is 223 g/mol. The molecule has 0 saturated heterocycles. The fraction of sp³-hybridized carbons (Fsp3) is 0.636. The zero-order chi connectivity index (χ0) is 11.4. The number of hydrogen-bond donors (Lipinski definition) is 2. The Balaban J connectivity index is 1.99. The van der Waals surface area contributed by atoms with Gasteiger partial charge in [0.2, 0.25) is 11.8 Å². The molecule has 0 amide bonds. The first-order valence-electron chi connectivity index (χ1n) is 5.63. The standard InChI is InChI=1S/C11H17N3O2/c1-2-7-16-9-3-6-12-10(13-9)14-11(8-15)4-5-11/h3,6,15H,2,4-5,7-8H2,1H3,(H,12,13,14). The van der Waals surface area contributed by atoms with Crippen molar-refractivity contribution in [3.8, 4) is 5.88 Å². The highest BCUT2D eigenvalue weighted by Gasteiger charge is 2.42. The topological polar surface area (TPSA) is 67.3 Å². The van der Waals surface area contributed by atoms with Crippen LogP contribution in [0.4, 0.5) is 5.95 Å². The number of nitrogens with one attached hydrogen (secondary N) is 1. The van der Waals surface area contributed by atoms with Gasteiger partial charge in [-0.1, -0.05) is 6.92 Å². The van der Waals surface area contributed by atoms with Gasteiger partial charge in [0.05, 0.1) is 18.8 Å². The third kappa shape index (κ3) is 2.61. The molecule has 1 aliphatic rings. The maximum Gasteiger partial charge on any atom is 0.226 e. The Bertz CT molecular complexity index is 353. The second kappa shape index (κ2) is 4.65. The lowest BCUT2D eigenvalue weighted by atomic mass is 10.3. The van der Waals surface area contributed by atoms with E-state index in [0.29, 0.717) is 18.4 Å². The van der Waals surface area contributed by atoms with Gasteiger partial charge >= 0.3 is 0 Å². The largest absolute Gasteiger partial charge is 0.478 e. The van der Waals surface area contributed by atoms with E-state index in [1.165, 1.54) is 0 Å². The quantitative estimate of drug-likeness (QED) is 0.758. The Morgan fingerprint density at radius 3 is 3.00 bits per heavy atom. The fourth-order valence-electron chi connectivity index (χ4n) is 1.40. The van der Waals surface area contributed by atoms with Crippen LogP contribution in [0.15, 0.2) is 12.3 Å². The lowest BCUT2D eigenvalue weighted by Gasteiger charge is -2.14. The summed E-state index contributed by atoms with van der Waals surface area (Å²) in [4.78, 5) is 8.34. The predicted octanol–water partition coefficient (Wildman–Crippen LogP) is 1.20. The Morgan fingerprint density at radius 2 is 2.38 bits per heavy atom. The molecule has 2 rings (SSSR count). The van der Waals surface area contributed by atoms with Crippen LogP contribution in [0.3, 0.4) is 0 Å². The Kier molecular flexibility index (Phi) is 3.24. The minimum absolute atomic E-state index is 0.121. The van der Waals surface area contributed by atoms with Crippen molar-refractivity contribution < 1.29 is 9.84 Å². The van der Waals surface area contributed by atoms with Gasteiger partial charge in [-0.15, -0.1) is 0 Å². The smallest absolute Gasteiger partial charge is 0.226 e. The minimum atomic E-state index is -0.191. The summed E-state index contributed by atoms with van der Waals surface area (Å²) in [5.41, 5.74) is -0.191. The van der Waals surface area contributed by atoms with Crippen molar-refractivity contribution >= 4 is 5.95 Å². The van der Waals surface area contributed by atoms with Crippen molar-refractivity contribution in [1.82, 2.24) is 9.97 Å². The molecule has 0 aliphatic heterocycles. The van der Waals surface area contributed by atoms with Gasteiger partial charge in [0.25, 0.3) is 0 Å². The molecule has 0 unspecified atom stereocenters. The van der Waals surface area contributed by atoms with Gasteiger partial charge in [0.15, 0.2) is 0 Å². The van der Waals surface area contributed by atoms with Crippen LogP contribution in [0.25, 0.3) is 0 Å². The molecular formula is C11H17N3O2. The monoisotopic (exact) mass is 223 g/mol. The summed E-state index contributed by atoms with van der Waals surface area (Å²) in [6.07, 6.45) is 4.54. The van der Waals surface area contributed by atoms with E-state index in [1.807, 2.05) is 6.92 Å². The predicted molar refractivity (Wildman–Crippen MR) is 60.5 cm³/mol. The second-order valence-electron chi connectivity index (χ2n) is 4.13. The maximum absolute atomic E-state index is 9.18.